The van der Waals surface area contributed by atoms with Crippen molar-refractivity contribution in [3.8, 4) is 11.5 Å². The third kappa shape index (κ3) is 10.7. The van der Waals surface area contributed by atoms with Crippen LogP contribution in [0.5, 0.6) is 11.5 Å². The lowest BCUT2D eigenvalue weighted by Crippen LogP contribution is -2.36. The average Bonchev–Trinajstić information content (AvgIpc) is 3.44. The fourth-order valence-electron chi connectivity index (χ4n) is 5.68. The first kappa shape index (κ1) is 31.5. The molecule has 1 spiro atoms. The van der Waals surface area contributed by atoms with Gasteiger partial charge in [-0.2, -0.15) is 0 Å². The summed E-state index contributed by atoms with van der Waals surface area (Å²) in [7, 11) is 0. The van der Waals surface area contributed by atoms with Crippen molar-refractivity contribution in [3.63, 3.8) is 0 Å². The zero-order valence-corrected chi connectivity index (χ0v) is 24.9. The highest BCUT2D eigenvalue weighted by molar-refractivity contribution is 5.79. The topological polar surface area (TPSA) is 100 Å². The second-order valence-corrected chi connectivity index (χ2v) is 12.0. The van der Waals surface area contributed by atoms with Gasteiger partial charge in [0.15, 0.2) is 5.79 Å². The van der Waals surface area contributed by atoms with Crippen LogP contribution in [0.25, 0.3) is 0 Å². The Kier molecular flexibility index (Phi) is 12.0. The number of carbonyl (C=O) groups is 1. The van der Waals surface area contributed by atoms with Gasteiger partial charge in [-0.1, -0.05) is 35.4 Å². The van der Waals surface area contributed by atoms with E-state index in [0.717, 1.165) is 88.9 Å². The molecule has 1 saturated heterocycles. The van der Waals surface area contributed by atoms with Gasteiger partial charge in [0.1, 0.15) is 17.3 Å². The van der Waals surface area contributed by atoms with Gasteiger partial charge in [0.05, 0.1) is 31.5 Å². The van der Waals surface area contributed by atoms with Crippen LogP contribution in [0.15, 0.2) is 48.5 Å². The highest BCUT2D eigenvalue weighted by Crippen LogP contribution is 2.35. The highest BCUT2D eigenvalue weighted by atomic mass is 16.7. The average molecular weight is 568 g/mol. The molecule has 0 amide bonds. The zero-order valence-electron chi connectivity index (χ0n) is 24.9. The van der Waals surface area contributed by atoms with E-state index < -0.39 is 0 Å². The summed E-state index contributed by atoms with van der Waals surface area (Å²) in [4.78, 5) is 11.1. The van der Waals surface area contributed by atoms with Crippen LogP contribution in [0.1, 0.15) is 88.2 Å². The second kappa shape index (κ2) is 15.7. The summed E-state index contributed by atoms with van der Waals surface area (Å²) in [5, 5.41) is 9.24. The first-order chi connectivity index (χ1) is 19.8. The van der Waals surface area contributed by atoms with Gasteiger partial charge in [0.25, 0.3) is 0 Å². The third-order valence-electron chi connectivity index (χ3n) is 8.39. The number of ether oxygens (including phenoxy) is 4. The van der Waals surface area contributed by atoms with E-state index >= 15 is 0 Å². The van der Waals surface area contributed by atoms with Crippen molar-refractivity contribution in [1.29, 1.82) is 0 Å². The Morgan fingerprint density at radius 3 is 1.61 bits per heavy atom. The lowest BCUT2D eigenvalue weighted by atomic mass is 9.92. The SMILES string of the molecule is Cc1ccc(OC2CCC(=O)CC2)cc1.Cc1ccc(OC2CCC(N)CC2)cc1.OC1CCC2(CC1)OCCO2. The van der Waals surface area contributed by atoms with Gasteiger partial charge in [0.2, 0.25) is 0 Å². The molecule has 0 bridgehead atoms. The first-order valence-electron chi connectivity index (χ1n) is 15.5. The standard InChI is InChI=1S/C13H19NO.C13H16O2.C8H14O3/c2*1-10-2-6-12(7-3-10)15-13-8-4-11(14)5-9-13;9-7-1-3-8(4-2-7)10-5-6-11-8/h2-3,6-7,11,13H,4-5,8-9,14H2,1H3;2-3,6-7,13H,4-5,8-9H2,1H3;7,9H,1-6H2. The molecule has 0 radical (unpaired) electrons. The van der Waals surface area contributed by atoms with Crippen molar-refractivity contribution in [2.75, 3.05) is 13.2 Å². The molecule has 0 atom stereocenters. The van der Waals surface area contributed by atoms with Crippen LogP contribution in [-0.2, 0) is 14.3 Å². The lowest BCUT2D eigenvalue weighted by molar-refractivity contribution is -0.187. The van der Waals surface area contributed by atoms with Crippen molar-refractivity contribution in [1.82, 2.24) is 0 Å². The highest BCUT2D eigenvalue weighted by Gasteiger charge is 2.39. The number of aliphatic hydroxyl groups is 1. The number of benzene rings is 2. The molecule has 1 heterocycles. The minimum Gasteiger partial charge on any atom is -0.490 e. The molecular weight excluding hydrogens is 518 g/mol. The molecule has 0 aromatic heterocycles. The Bertz CT molecular complexity index is 1020. The molecule has 7 nitrogen and oxygen atoms in total. The summed E-state index contributed by atoms with van der Waals surface area (Å²) in [5.74, 6) is 1.97. The molecule has 0 unspecified atom stereocenters. The number of Topliss-reactive ketones (excluding diaryl/α,β-unsaturated/α-hetero) is 1. The molecule has 4 aliphatic rings. The summed E-state index contributed by atoms with van der Waals surface area (Å²) in [6, 6.07) is 16.7. The number of hydrogen-bond donors (Lipinski definition) is 2. The van der Waals surface area contributed by atoms with E-state index in [1.807, 2.05) is 36.4 Å². The van der Waals surface area contributed by atoms with Crippen LogP contribution < -0.4 is 15.2 Å². The van der Waals surface area contributed by atoms with Crippen molar-refractivity contribution in [3.05, 3.63) is 59.7 Å². The minimum absolute atomic E-state index is 0.131. The summed E-state index contributed by atoms with van der Waals surface area (Å²) in [6.07, 6.45) is 11.3. The number of rotatable bonds is 4. The zero-order chi connectivity index (χ0) is 29.1. The van der Waals surface area contributed by atoms with E-state index in [-0.39, 0.29) is 18.0 Å². The first-order valence-corrected chi connectivity index (χ1v) is 15.5. The molecule has 7 heteroatoms. The van der Waals surface area contributed by atoms with Gasteiger partial charge < -0.3 is 29.8 Å². The Morgan fingerprint density at radius 2 is 1.15 bits per heavy atom. The molecule has 3 aliphatic carbocycles. The number of nitrogens with two attached hydrogens (primary N) is 1. The summed E-state index contributed by atoms with van der Waals surface area (Å²) < 4.78 is 22.7. The fraction of sp³-hybridized carbons (Fsp3) is 0.618. The van der Waals surface area contributed by atoms with Crippen LogP contribution in [-0.4, -0.2) is 54.2 Å². The van der Waals surface area contributed by atoms with Crippen LogP contribution >= 0.6 is 0 Å². The Hall–Kier alpha value is -2.45. The quantitative estimate of drug-likeness (QED) is 0.454. The van der Waals surface area contributed by atoms with Gasteiger partial charge in [0, 0.05) is 31.7 Å². The smallest absolute Gasteiger partial charge is 0.168 e. The van der Waals surface area contributed by atoms with Crippen LogP contribution in [0.3, 0.4) is 0 Å². The van der Waals surface area contributed by atoms with Crippen LogP contribution in [0, 0.1) is 13.8 Å². The third-order valence-corrected chi connectivity index (χ3v) is 8.39. The number of aliphatic hydroxyl groups excluding tert-OH is 1. The van der Waals surface area contributed by atoms with Crippen LogP contribution in [0.2, 0.25) is 0 Å². The molecule has 41 heavy (non-hydrogen) atoms. The van der Waals surface area contributed by atoms with Crippen molar-refractivity contribution in [2.45, 2.75) is 121 Å². The summed E-state index contributed by atoms with van der Waals surface area (Å²) in [5.41, 5.74) is 8.36. The molecular formula is C34H49NO6. The molecule has 3 N–H and O–H groups in total. The van der Waals surface area contributed by atoms with E-state index in [1.165, 1.54) is 11.1 Å². The number of hydrogen-bond acceptors (Lipinski definition) is 7. The molecule has 226 valence electrons. The summed E-state index contributed by atoms with van der Waals surface area (Å²) >= 11 is 0. The monoisotopic (exact) mass is 567 g/mol. The van der Waals surface area contributed by atoms with Gasteiger partial charge in [-0.3, -0.25) is 4.79 Å². The maximum atomic E-state index is 11.1. The van der Waals surface area contributed by atoms with E-state index in [1.54, 1.807) is 0 Å². The van der Waals surface area contributed by atoms with Gasteiger partial charge in [-0.25, -0.2) is 0 Å². The van der Waals surface area contributed by atoms with Crippen LogP contribution in [0.4, 0.5) is 0 Å². The number of carbonyl (C=O) groups excluding carboxylic acids is 1. The largest absolute Gasteiger partial charge is 0.490 e. The van der Waals surface area contributed by atoms with E-state index in [2.05, 4.69) is 26.0 Å². The Morgan fingerprint density at radius 1 is 0.707 bits per heavy atom. The van der Waals surface area contributed by atoms with E-state index in [0.29, 0.717) is 30.8 Å². The second-order valence-electron chi connectivity index (χ2n) is 12.0. The van der Waals surface area contributed by atoms with Gasteiger partial charge in [-0.15, -0.1) is 0 Å². The van der Waals surface area contributed by atoms with Crippen molar-refractivity contribution >= 4 is 5.78 Å². The van der Waals surface area contributed by atoms with Crippen molar-refractivity contribution in [2.24, 2.45) is 5.73 Å². The van der Waals surface area contributed by atoms with Crippen molar-refractivity contribution < 1.29 is 28.8 Å². The molecule has 2 aromatic rings. The Labute approximate surface area is 245 Å². The van der Waals surface area contributed by atoms with Gasteiger partial charge in [-0.05, 0) is 89.5 Å². The van der Waals surface area contributed by atoms with E-state index in [4.69, 9.17) is 24.7 Å². The number of aryl methyl sites for hydroxylation is 2. The Balaban J connectivity index is 0.000000144. The summed E-state index contributed by atoms with van der Waals surface area (Å²) in [6.45, 7) is 5.58. The predicted octanol–water partition coefficient (Wildman–Crippen LogP) is 6.19. The molecule has 4 fully saturated rings. The molecule has 3 saturated carbocycles. The predicted molar refractivity (Wildman–Crippen MR) is 160 cm³/mol. The minimum atomic E-state index is -0.306. The lowest BCUT2D eigenvalue weighted by Gasteiger charge is -2.33. The molecule has 6 rings (SSSR count). The molecule has 1 aliphatic heterocycles. The maximum Gasteiger partial charge on any atom is 0.168 e. The van der Waals surface area contributed by atoms with Gasteiger partial charge >= 0.3 is 0 Å². The normalized spacial score (nSPS) is 24.5. The van der Waals surface area contributed by atoms with E-state index in [9.17, 15) is 9.90 Å². The number of ketones is 1. The maximum absolute atomic E-state index is 11.1. The fourth-order valence-corrected chi connectivity index (χ4v) is 5.68. The molecule has 2 aromatic carbocycles.